The summed E-state index contributed by atoms with van der Waals surface area (Å²) in [4.78, 5) is 9.15. The molecule has 17 heteroatoms. The molecular weight excluding hydrogens is 518 g/mol. The van der Waals surface area contributed by atoms with Gasteiger partial charge < -0.3 is 9.84 Å². The van der Waals surface area contributed by atoms with Crippen molar-refractivity contribution in [1.82, 2.24) is 14.5 Å². The lowest BCUT2D eigenvalue weighted by Gasteiger charge is -2.50. The summed E-state index contributed by atoms with van der Waals surface area (Å²) in [7, 11) is 21.2. The van der Waals surface area contributed by atoms with Gasteiger partial charge in [-0.1, -0.05) is 34.0 Å². The van der Waals surface area contributed by atoms with E-state index in [9.17, 15) is 8.78 Å². The standard InChI is InChI=1S/C23H30B9F2N3O2S/c24-19(25)20(26,27)22(30,31)23(32,21(19,28)29)40-18-36-10-14(37(18)13-4-1-5-35-9-13)11-39-17-8-15(33)12(3-2-6-38)7-16(17)34/h1,4-5,7-10,38H,6,11,24-32H2. The topological polar surface area (TPSA) is 60.2 Å². The predicted octanol–water partition coefficient (Wildman–Crippen LogP) is -4.57. The highest BCUT2D eigenvalue weighted by molar-refractivity contribution is 8.02. The van der Waals surface area contributed by atoms with Crippen molar-refractivity contribution in [3.63, 3.8) is 0 Å². The van der Waals surface area contributed by atoms with E-state index < -0.39 is 18.2 Å². The van der Waals surface area contributed by atoms with Crippen LogP contribution in [0, 0.1) is 23.5 Å². The van der Waals surface area contributed by atoms with Gasteiger partial charge >= 0.3 is 0 Å². The number of imidazole rings is 1. The molecule has 1 aromatic carbocycles. The first-order valence-corrected chi connectivity index (χ1v) is 14.2. The number of benzene rings is 1. The van der Waals surface area contributed by atoms with Gasteiger partial charge in [0.15, 0.2) is 16.7 Å². The Labute approximate surface area is 247 Å². The van der Waals surface area contributed by atoms with Crippen molar-refractivity contribution in [2.75, 3.05) is 6.61 Å². The average Bonchev–Trinajstić information content (AvgIpc) is 3.31. The first-order chi connectivity index (χ1) is 18.5. The van der Waals surface area contributed by atoms with Crippen molar-refractivity contribution in [2.24, 2.45) is 0 Å². The molecule has 0 atom stereocenters. The fourth-order valence-electron chi connectivity index (χ4n) is 6.30. The molecule has 1 aliphatic carbocycles. The van der Waals surface area contributed by atoms with Crippen molar-refractivity contribution < 1.29 is 18.6 Å². The van der Waals surface area contributed by atoms with Gasteiger partial charge in [0.2, 0.25) is 0 Å². The van der Waals surface area contributed by atoms with E-state index in [-0.39, 0.29) is 43.4 Å². The van der Waals surface area contributed by atoms with Gasteiger partial charge in [-0.25, -0.2) is 13.8 Å². The molecule has 5 nitrogen and oxygen atoms in total. The maximum absolute atomic E-state index is 14.8. The Balaban J connectivity index is 1.75. The fraction of sp³-hybridized carbons (Fsp3) is 0.304. The minimum absolute atomic E-state index is 0.0121. The van der Waals surface area contributed by atoms with Crippen LogP contribution in [0.1, 0.15) is 11.3 Å². The summed E-state index contributed by atoms with van der Waals surface area (Å²) in [6.45, 7) is -0.485. The van der Waals surface area contributed by atoms with E-state index >= 15 is 0 Å². The Kier molecular flexibility index (Phi) is 8.05. The largest absolute Gasteiger partial charge is 0.484 e. The van der Waals surface area contributed by atoms with E-state index in [0.717, 1.165) is 23.0 Å². The van der Waals surface area contributed by atoms with Crippen LogP contribution in [0.5, 0.6) is 5.75 Å². The van der Waals surface area contributed by atoms with E-state index in [1.54, 1.807) is 30.4 Å². The van der Waals surface area contributed by atoms with E-state index in [4.69, 9.17) is 14.8 Å². The number of thioether (sulfide) groups is 1. The van der Waals surface area contributed by atoms with Gasteiger partial charge in [-0.05, 0) is 22.8 Å². The maximum Gasteiger partial charge on any atom is 0.172 e. The molecule has 40 heavy (non-hydrogen) atoms. The first kappa shape index (κ1) is 30.6. The second kappa shape index (κ2) is 10.5. The molecule has 0 radical (unpaired) electrons. The van der Waals surface area contributed by atoms with Gasteiger partial charge in [0, 0.05) is 12.3 Å². The molecule has 1 fully saturated rings. The maximum atomic E-state index is 14.8. The minimum Gasteiger partial charge on any atom is -0.484 e. The Bertz CT molecular complexity index is 1470. The molecular formula is C23H30B9F2N3O2S. The molecule has 0 bridgehead atoms. The number of hydrogen-bond donors (Lipinski definition) is 1. The molecule has 3 aromatic rings. The highest BCUT2D eigenvalue weighted by atomic mass is 32.2. The van der Waals surface area contributed by atoms with E-state index in [0.29, 0.717) is 5.69 Å². The zero-order valence-corrected chi connectivity index (χ0v) is 25.6. The van der Waals surface area contributed by atoms with Crippen molar-refractivity contribution in [2.45, 2.75) is 37.3 Å². The molecule has 1 saturated carbocycles. The van der Waals surface area contributed by atoms with Crippen LogP contribution in [0.3, 0.4) is 0 Å². The summed E-state index contributed by atoms with van der Waals surface area (Å²) in [6.07, 6.45) is 5.18. The summed E-state index contributed by atoms with van der Waals surface area (Å²) in [5, 5.41) is 9.50. The Morgan fingerprint density at radius 1 is 0.925 bits per heavy atom. The fourth-order valence-corrected chi connectivity index (χ4v) is 8.10. The van der Waals surface area contributed by atoms with Crippen molar-refractivity contribution in [1.29, 1.82) is 0 Å². The third-order valence-electron chi connectivity index (χ3n) is 10.8. The van der Waals surface area contributed by atoms with Gasteiger partial charge in [-0.15, -0.1) is 10.4 Å². The van der Waals surface area contributed by atoms with E-state index in [1.165, 1.54) is 0 Å². The third kappa shape index (κ3) is 4.50. The number of nitrogens with zero attached hydrogens (tertiary/aromatic N) is 3. The van der Waals surface area contributed by atoms with Gasteiger partial charge in [0.1, 0.15) is 26.9 Å². The highest BCUT2D eigenvalue weighted by Gasteiger charge is 2.71. The monoisotopic (exact) mass is 549 g/mol. The van der Waals surface area contributed by atoms with Crippen LogP contribution in [-0.2, 0) is 6.61 Å². The number of aromatic nitrogens is 3. The predicted molar refractivity (Wildman–Crippen MR) is 182 cm³/mol. The number of aliphatic hydroxyl groups excluding tert-OH is 1. The number of hydrogen-bond acceptors (Lipinski definition) is 5. The summed E-state index contributed by atoms with van der Waals surface area (Å²) in [5.41, 5.74) is 1.34. The lowest BCUT2D eigenvalue weighted by Crippen LogP contribution is -2.49. The molecule has 1 aliphatic rings. The molecule has 0 aliphatic heterocycles. The van der Waals surface area contributed by atoms with Crippen LogP contribution in [0.4, 0.5) is 8.78 Å². The summed E-state index contributed by atoms with van der Waals surface area (Å²) in [5.74, 6) is 3.05. The van der Waals surface area contributed by atoms with Crippen LogP contribution in [-0.4, -0.2) is 102 Å². The lowest BCUT2D eigenvalue weighted by atomic mass is 9.17. The molecule has 196 valence electrons. The molecule has 4 rings (SSSR count). The SMILES string of the molecule is BC1(B)C(B)(B)C(B)(B)C(B)(Sc2ncc(COc3cc(F)c(C#CCO)cc3F)n2-c2cccnc2)C1(B)B. The number of ether oxygens (including phenoxy) is 1. The lowest BCUT2D eigenvalue weighted by molar-refractivity contribution is 0.281. The Hall–Kier alpha value is -2.31. The Morgan fingerprint density at radius 2 is 1.57 bits per heavy atom. The third-order valence-corrected chi connectivity index (χ3v) is 12.7. The molecule has 2 aromatic heterocycles. The smallest absolute Gasteiger partial charge is 0.172 e. The summed E-state index contributed by atoms with van der Waals surface area (Å²) >= 11 is 1.75. The summed E-state index contributed by atoms with van der Waals surface area (Å²) < 4.78 is 36.8. The zero-order chi connectivity index (χ0) is 29.7. The second-order valence-electron chi connectivity index (χ2n) is 12.7. The first-order valence-electron chi connectivity index (χ1n) is 13.4. The quantitative estimate of drug-likeness (QED) is 0.249. The molecule has 0 saturated heterocycles. The summed E-state index contributed by atoms with van der Waals surface area (Å²) in [6, 6.07) is 5.75. The van der Waals surface area contributed by atoms with Gasteiger partial charge in [-0.3, -0.25) is 9.55 Å². The van der Waals surface area contributed by atoms with Gasteiger partial charge in [0.05, 0.1) is 92.1 Å². The molecule has 2 heterocycles. The van der Waals surface area contributed by atoms with Crippen molar-refractivity contribution >= 4 is 82.4 Å². The minimum atomic E-state index is -0.739. The zero-order valence-electron chi connectivity index (χ0n) is 24.8. The normalized spacial score (nSPS) is 19.4. The number of pyridine rings is 1. The van der Waals surface area contributed by atoms with Crippen LogP contribution < -0.4 is 4.74 Å². The molecule has 1 N–H and O–H groups in total. The molecule has 0 spiro atoms. The molecule has 0 unspecified atom stereocenters. The van der Waals surface area contributed by atoms with E-state index in [1.807, 2.05) is 16.7 Å². The number of rotatable bonds is 6. The molecule has 0 amide bonds. The van der Waals surface area contributed by atoms with Gasteiger partial charge in [-0.2, -0.15) is 0 Å². The second-order valence-corrected chi connectivity index (χ2v) is 14.1. The number of aliphatic hydroxyl groups is 1. The van der Waals surface area contributed by atoms with E-state index in [2.05, 4.69) is 87.4 Å². The van der Waals surface area contributed by atoms with Crippen LogP contribution in [0.2, 0.25) is 20.9 Å². The van der Waals surface area contributed by atoms with Crippen LogP contribution >= 0.6 is 11.8 Å². The van der Waals surface area contributed by atoms with Crippen molar-refractivity contribution in [3.8, 4) is 23.3 Å². The van der Waals surface area contributed by atoms with Crippen LogP contribution in [0.15, 0.2) is 48.0 Å². The van der Waals surface area contributed by atoms with Gasteiger partial charge in [0.25, 0.3) is 0 Å². The average molecular weight is 548 g/mol. The Morgan fingerprint density at radius 3 is 2.15 bits per heavy atom. The van der Waals surface area contributed by atoms with Crippen LogP contribution in [0.25, 0.3) is 5.69 Å². The number of halogens is 2. The van der Waals surface area contributed by atoms with Crippen molar-refractivity contribution in [3.05, 3.63) is 65.7 Å². The highest BCUT2D eigenvalue weighted by Crippen LogP contribution is 2.82.